The third-order valence-electron chi connectivity index (χ3n) is 2.85. The van der Waals surface area contributed by atoms with Crippen molar-refractivity contribution >= 4 is 34.2 Å². The van der Waals surface area contributed by atoms with Gasteiger partial charge in [-0.2, -0.15) is 13.2 Å². The van der Waals surface area contributed by atoms with Crippen LogP contribution in [0.2, 0.25) is 0 Å². The van der Waals surface area contributed by atoms with E-state index in [1.54, 1.807) is 6.07 Å². The van der Waals surface area contributed by atoms with Gasteiger partial charge in [0.05, 0.1) is 19.2 Å². The molecule has 118 valence electrons. The molecule has 0 saturated heterocycles. The smallest absolute Gasteiger partial charge is 0.465 e. The Balaban J connectivity index is 2.27. The minimum Gasteiger partial charge on any atom is -0.465 e. The van der Waals surface area contributed by atoms with Crippen molar-refractivity contribution in [2.45, 2.75) is 12.8 Å². The number of methoxy groups -OCH3 is 1. The second-order valence-electron chi connectivity index (χ2n) is 4.30. The van der Waals surface area contributed by atoms with Crippen molar-refractivity contribution in [3.63, 3.8) is 0 Å². The normalized spacial score (nSPS) is 11.3. The quantitative estimate of drug-likeness (QED) is 0.419. The molecule has 1 aromatic heterocycles. The number of nitrogens with zero attached hydrogens (tertiary/aromatic N) is 1. The van der Waals surface area contributed by atoms with Crippen LogP contribution < -0.4 is 4.90 Å². The van der Waals surface area contributed by atoms with Crippen molar-refractivity contribution in [2.75, 3.05) is 12.0 Å². The molecule has 0 atom stereocenters. The highest BCUT2D eigenvalue weighted by atomic mass is 127. The summed E-state index contributed by atoms with van der Waals surface area (Å²) in [7, 11) is 1.21. The van der Waals surface area contributed by atoms with Gasteiger partial charge in [-0.3, -0.25) is 4.90 Å². The van der Waals surface area contributed by atoms with E-state index in [2.05, 4.69) is 4.74 Å². The second kappa shape index (κ2) is 6.59. The van der Waals surface area contributed by atoms with E-state index in [9.17, 15) is 18.0 Å². The van der Waals surface area contributed by atoms with E-state index in [1.807, 2.05) is 22.6 Å². The fraction of sp³-hybridized carbons (Fsp3) is 0.214. The maximum absolute atomic E-state index is 13.2. The predicted octanol–water partition coefficient (Wildman–Crippen LogP) is 4.20. The molecule has 0 aliphatic rings. The molecule has 0 aliphatic carbocycles. The third-order valence-corrected chi connectivity index (χ3v) is 3.43. The van der Waals surface area contributed by atoms with Crippen molar-refractivity contribution in [1.82, 2.24) is 0 Å². The minimum atomic E-state index is -4.58. The highest BCUT2D eigenvalue weighted by molar-refractivity contribution is 14.1. The van der Waals surface area contributed by atoms with Crippen LogP contribution in [-0.2, 0) is 11.3 Å². The number of rotatable bonds is 4. The number of carbonyl (C=O) groups is 1. The molecule has 8 heteroatoms. The Bertz CT molecular complexity index is 652. The van der Waals surface area contributed by atoms with Gasteiger partial charge < -0.3 is 9.15 Å². The number of hydrogen-bond donors (Lipinski definition) is 0. The summed E-state index contributed by atoms with van der Waals surface area (Å²) < 4.78 is 49.8. The van der Waals surface area contributed by atoms with Gasteiger partial charge in [-0.1, -0.05) is 0 Å². The Morgan fingerprint density at radius 1 is 1.23 bits per heavy atom. The fourth-order valence-electron chi connectivity index (χ4n) is 1.82. The van der Waals surface area contributed by atoms with Gasteiger partial charge in [0.25, 0.3) is 0 Å². The van der Waals surface area contributed by atoms with Gasteiger partial charge in [0.2, 0.25) is 0 Å². The molecule has 0 amide bonds. The first-order valence-electron chi connectivity index (χ1n) is 6.08. The molecule has 1 heterocycles. The lowest BCUT2D eigenvalue weighted by Gasteiger charge is -2.26. The predicted molar refractivity (Wildman–Crippen MR) is 81.4 cm³/mol. The van der Waals surface area contributed by atoms with Gasteiger partial charge in [-0.05, 0) is 59.0 Å². The maximum Gasteiger partial charge on any atom is 0.485 e. The zero-order chi connectivity index (χ0) is 16.3. The van der Waals surface area contributed by atoms with Gasteiger partial charge in [0.1, 0.15) is 5.76 Å². The van der Waals surface area contributed by atoms with Crippen molar-refractivity contribution in [3.05, 3.63) is 51.5 Å². The molecule has 0 saturated carbocycles. The molecule has 0 fully saturated rings. The highest BCUT2D eigenvalue weighted by Gasteiger charge is 2.38. The van der Waals surface area contributed by atoms with Gasteiger partial charge in [-0.25, -0.2) is 4.79 Å². The first-order valence-corrected chi connectivity index (χ1v) is 7.16. The molecule has 0 N–H and O–H groups in total. The number of alkyl halides is 3. The molecular formula is C14H11F3INO3. The summed E-state index contributed by atoms with van der Waals surface area (Å²) in [6, 6.07) is 8.08. The van der Waals surface area contributed by atoms with Crippen molar-refractivity contribution in [1.29, 1.82) is 0 Å². The Hall–Kier alpha value is -1.71. The molecule has 4 nitrogen and oxygen atoms in total. The zero-order valence-electron chi connectivity index (χ0n) is 11.4. The number of hydrogen-bond acceptors (Lipinski definition) is 4. The van der Waals surface area contributed by atoms with Crippen molar-refractivity contribution in [3.8, 4) is 0 Å². The van der Waals surface area contributed by atoms with Crippen LogP contribution in [0.15, 0.2) is 40.8 Å². The van der Waals surface area contributed by atoms with Crippen LogP contribution in [0.3, 0.4) is 0 Å². The number of anilines is 1. The number of carbonyl (C=O) groups excluding carboxylic acids is 1. The van der Waals surface area contributed by atoms with Gasteiger partial charge >= 0.3 is 12.3 Å². The number of furan rings is 1. The zero-order valence-corrected chi connectivity index (χ0v) is 13.5. The molecule has 0 unspecified atom stereocenters. The minimum absolute atomic E-state index is 0.0911. The first kappa shape index (κ1) is 16.7. The van der Waals surface area contributed by atoms with E-state index in [1.165, 1.54) is 37.4 Å². The van der Waals surface area contributed by atoms with Crippen LogP contribution in [0.1, 0.15) is 16.1 Å². The van der Waals surface area contributed by atoms with Crippen LogP contribution in [0.25, 0.3) is 0 Å². The fourth-order valence-corrected chi connectivity index (χ4v) is 2.28. The number of ether oxygens (including phenoxy) is 1. The van der Waals surface area contributed by atoms with E-state index in [-0.39, 0.29) is 21.9 Å². The monoisotopic (exact) mass is 425 g/mol. The Morgan fingerprint density at radius 2 is 1.86 bits per heavy atom. The van der Waals surface area contributed by atoms with E-state index in [0.29, 0.717) is 3.77 Å². The van der Waals surface area contributed by atoms with Crippen LogP contribution in [-0.4, -0.2) is 19.4 Å². The summed E-state index contributed by atoms with van der Waals surface area (Å²) in [6.45, 7) is -0.454. The van der Waals surface area contributed by atoms with Gasteiger partial charge in [-0.15, -0.1) is 0 Å². The first-order chi connectivity index (χ1) is 10.3. The largest absolute Gasteiger partial charge is 0.485 e. The number of halogens is 4. The summed E-state index contributed by atoms with van der Waals surface area (Å²) in [5, 5.41) is 0. The van der Waals surface area contributed by atoms with E-state index in [4.69, 9.17) is 4.42 Å². The summed E-state index contributed by atoms with van der Waals surface area (Å²) >= 11 is 1.88. The maximum atomic E-state index is 13.2. The van der Waals surface area contributed by atoms with E-state index in [0.717, 1.165) is 0 Å². The SMILES string of the molecule is COC(=O)c1ccc(N(Cc2ccc(I)o2)C(F)(F)F)cc1. The van der Waals surface area contributed by atoms with Crippen LogP contribution in [0.5, 0.6) is 0 Å². The standard InChI is InChI=1S/C14H11F3INO3/c1-21-13(20)9-2-4-10(5-3-9)19(14(15,16)17)8-11-6-7-12(18)22-11/h2-7H,8H2,1H3. The summed E-state index contributed by atoms with van der Waals surface area (Å²) in [5.41, 5.74) is 0.0903. The molecule has 0 radical (unpaired) electrons. The molecule has 0 aliphatic heterocycles. The molecule has 0 spiro atoms. The topological polar surface area (TPSA) is 42.7 Å². The average Bonchev–Trinajstić information content (AvgIpc) is 2.88. The molecule has 2 aromatic rings. The summed E-state index contributed by atoms with van der Waals surface area (Å²) in [6.07, 6.45) is -4.58. The second-order valence-corrected chi connectivity index (χ2v) is 5.36. The number of esters is 1. The van der Waals surface area contributed by atoms with Gasteiger partial charge in [0.15, 0.2) is 3.77 Å². The Kier molecular flexibility index (Phi) is 4.99. The van der Waals surface area contributed by atoms with Crippen molar-refractivity contribution < 1.29 is 27.1 Å². The summed E-state index contributed by atoms with van der Waals surface area (Å²) in [4.78, 5) is 11.6. The average molecular weight is 425 g/mol. The lowest BCUT2D eigenvalue weighted by atomic mass is 10.2. The lowest BCUT2D eigenvalue weighted by Crippen LogP contribution is -2.37. The number of benzene rings is 1. The molecule has 2 rings (SSSR count). The third kappa shape index (κ3) is 3.93. The van der Waals surface area contributed by atoms with Crippen LogP contribution >= 0.6 is 22.6 Å². The van der Waals surface area contributed by atoms with Gasteiger partial charge in [0, 0.05) is 5.69 Å². The molecule has 0 bridgehead atoms. The summed E-state index contributed by atoms with van der Waals surface area (Å²) in [5.74, 6) is -0.413. The highest BCUT2D eigenvalue weighted by Crippen LogP contribution is 2.31. The van der Waals surface area contributed by atoms with E-state index < -0.39 is 18.8 Å². The van der Waals surface area contributed by atoms with E-state index >= 15 is 0 Å². The lowest BCUT2D eigenvalue weighted by molar-refractivity contribution is -0.131. The molecule has 1 aromatic carbocycles. The van der Waals surface area contributed by atoms with Crippen LogP contribution in [0.4, 0.5) is 18.9 Å². The Labute approximate surface area is 138 Å². The van der Waals surface area contributed by atoms with Crippen molar-refractivity contribution in [2.24, 2.45) is 0 Å². The molecular weight excluding hydrogens is 414 g/mol. The Morgan fingerprint density at radius 3 is 2.32 bits per heavy atom. The molecule has 22 heavy (non-hydrogen) atoms. The van der Waals surface area contributed by atoms with Crippen LogP contribution in [0, 0.1) is 3.77 Å².